The number of nitrogens with zero attached hydrogens (tertiary/aromatic N) is 3. The van der Waals surface area contributed by atoms with Crippen molar-refractivity contribution in [2.45, 2.75) is 0 Å². The zero-order chi connectivity index (χ0) is 34.6. The fourth-order valence-electron chi connectivity index (χ4n) is 9.00. The van der Waals surface area contributed by atoms with E-state index in [0.717, 1.165) is 38.6 Å². The molecule has 9 aromatic carbocycles. The third kappa shape index (κ3) is 3.99. The predicted octanol–water partition coefficient (Wildman–Crippen LogP) is 13.2. The van der Waals surface area contributed by atoms with Crippen LogP contribution in [0.25, 0.3) is 116 Å². The number of aromatic nitrogens is 3. The van der Waals surface area contributed by atoms with E-state index in [9.17, 15) is 0 Å². The number of hydrogen-bond acceptors (Lipinski definition) is 2. The van der Waals surface area contributed by atoms with Gasteiger partial charge in [0.05, 0.1) is 22.2 Å². The molecule has 3 nitrogen and oxygen atoms in total. The maximum Gasteiger partial charge on any atom is 0.235 e. The molecule has 0 aliphatic heterocycles. The lowest BCUT2D eigenvalue weighted by Crippen LogP contribution is -2.04. The van der Waals surface area contributed by atoms with E-state index >= 15 is 0 Å². The first-order valence-corrected chi connectivity index (χ1v) is 18.2. The summed E-state index contributed by atoms with van der Waals surface area (Å²) in [6.45, 7) is 0. The van der Waals surface area contributed by atoms with Gasteiger partial charge in [0.2, 0.25) is 5.95 Å². The summed E-state index contributed by atoms with van der Waals surface area (Å²) in [5, 5.41) is 10.9. The van der Waals surface area contributed by atoms with E-state index in [1.807, 2.05) is 0 Å². The lowest BCUT2D eigenvalue weighted by atomic mass is 9.96. The Hall–Kier alpha value is -7.10. The molecule has 53 heavy (non-hydrogen) atoms. The third-order valence-electron chi connectivity index (χ3n) is 11.3. The van der Waals surface area contributed by atoms with Crippen molar-refractivity contribution < 1.29 is 0 Å². The molecule has 0 N–H and O–H groups in total. The van der Waals surface area contributed by atoms with Crippen LogP contribution in [0.5, 0.6) is 0 Å². The van der Waals surface area contributed by atoms with Crippen LogP contribution >= 0.6 is 0 Å². The average Bonchev–Trinajstić information content (AvgIpc) is 3.75. The van der Waals surface area contributed by atoms with Gasteiger partial charge in [0.25, 0.3) is 0 Å². The van der Waals surface area contributed by atoms with Crippen LogP contribution in [-0.2, 0) is 0 Å². The molecule has 2 aromatic heterocycles. The fraction of sp³-hybridized carbons (Fsp3) is 0. The van der Waals surface area contributed by atoms with Gasteiger partial charge in [-0.2, -0.15) is 0 Å². The number of rotatable bonds is 3. The molecule has 0 unspecified atom stereocenters. The SMILES string of the molecule is c1ccc(-c2ccc(-c3nc(-n4c5ccc6ccccc6c5c5c6cccc7c6c(cc54)-c4ccccc4-7)nc4ccc5ccccc5c34)cc2)cc1. The van der Waals surface area contributed by atoms with Gasteiger partial charge in [-0.25, -0.2) is 9.97 Å². The quantitative estimate of drug-likeness (QED) is 0.175. The Morgan fingerprint density at radius 2 is 0.925 bits per heavy atom. The zero-order valence-electron chi connectivity index (χ0n) is 28.6. The van der Waals surface area contributed by atoms with E-state index in [-0.39, 0.29) is 0 Å². The smallest absolute Gasteiger partial charge is 0.235 e. The fourth-order valence-corrected chi connectivity index (χ4v) is 9.00. The van der Waals surface area contributed by atoms with Crippen LogP contribution in [0.4, 0.5) is 0 Å². The average molecular weight is 672 g/mol. The molecule has 0 saturated carbocycles. The highest BCUT2D eigenvalue weighted by atomic mass is 15.2. The highest BCUT2D eigenvalue weighted by molar-refractivity contribution is 6.33. The Balaban J connectivity index is 1.22. The summed E-state index contributed by atoms with van der Waals surface area (Å²) < 4.78 is 2.32. The molecule has 3 heteroatoms. The van der Waals surface area contributed by atoms with Crippen molar-refractivity contribution in [2.75, 3.05) is 0 Å². The molecule has 0 atom stereocenters. The van der Waals surface area contributed by atoms with Crippen molar-refractivity contribution in [3.8, 4) is 50.6 Å². The van der Waals surface area contributed by atoms with Gasteiger partial charge < -0.3 is 0 Å². The van der Waals surface area contributed by atoms with Crippen LogP contribution in [-0.4, -0.2) is 14.5 Å². The van der Waals surface area contributed by atoms with E-state index in [4.69, 9.17) is 9.97 Å². The van der Waals surface area contributed by atoms with Crippen molar-refractivity contribution in [1.82, 2.24) is 14.5 Å². The summed E-state index contributed by atoms with van der Waals surface area (Å²) in [5.74, 6) is 0.666. The molecular formula is C50H29N3. The minimum atomic E-state index is 0.666. The highest BCUT2D eigenvalue weighted by Gasteiger charge is 2.27. The number of benzene rings is 9. The molecule has 11 aromatic rings. The molecule has 0 radical (unpaired) electrons. The van der Waals surface area contributed by atoms with Gasteiger partial charge in [-0.05, 0) is 83.9 Å². The molecule has 0 saturated heterocycles. The first-order chi connectivity index (χ1) is 26.3. The van der Waals surface area contributed by atoms with Crippen LogP contribution in [0.1, 0.15) is 0 Å². The summed E-state index contributed by atoms with van der Waals surface area (Å²) >= 11 is 0. The van der Waals surface area contributed by atoms with Crippen LogP contribution in [0.15, 0.2) is 176 Å². The second kappa shape index (κ2) is 10.7. The molecule has 0 amide bonds. The van der Waals surface area contributed by atoms with Crippen LogP contribution in [0, 0.1) is 0 Å². The summed E-state index contributed by atoms with van der Waals surface area (Å²) in [6, 6.07) is 63.5. The van der Waals surface area contributed by atoms with Crippen LogP contribution in [0.3, 0.4) is 0 Å². The third-order valence-corrected chi connectivity index (χ3v) is 11.3. The Morgan fingerprint density at radius 1 is 0.340 bits per heavy atom. The summed E-state index contributed by atoms with van der Waals surface area (Å²) in [5.41, 5.74) is 12.6. The summed E-state index contributed by atoms with van der Waals surface area (Å²) in [7, 11) is 0. The Kier molecular flexibility index (Phi) is 5.77. The number of hydrogen-bond donors (Lipinski definition) is 0. The topological polar surface area (TPSA) is 30.7 Å². The Labute approximate surface area is 305 Å². The molecule has 1 aliphatic rings. The number of fused-ring (bicyclic) bond motifs is 12. The normalized spacial score (nSPS) is 12.2. The molecule has 0 fully saturated rings. The lowest BCUT2D eigenvalue weighted by Gasteiger charge is -2.14. The molecular weight excluding hydrogens is 643 g/mol. The maximum absolute atomic E-state index is 5.59. The summed E-state index contributed by atoms with van der Waals surface area (Å²) in [4.78, 5) is 11.0. The van der Waals surface area contributed by atoms with Crippen molar-refractivity contribution in [3.63, 3.8) is 0 Å². The van der Waals surface area contributed by atoms with Gasteiger partial charge in [-0.15, -0.1) is 0 Å². The van der Waals surface area contributed by atoms with Gasteiger partial charge in [-0.3, -0.25) is 4.57 Å². The second-order valence-electron chi connectivity index (χ2n) is 14.1. The second-order valence-corrected chi connectivity index (χ2v) is 14.1. The molecule has 0 spiro atoms. The van der Waals surface area contributed by atoms with Gasteiger partial charge in [0, 0.05) is 21.7 Å². The van der Waals surface area contributed by atoms with Crippen LogP contribution < -0.4 is 0 Å². The van der Waals surface area contributed by atoms with Crippen molar-refractivity contribution in [1.29, 1.82) is 0 Å². The molecule has 12 rings (SSSR count). The van der Waals surface area contributed by atoms with E-state index in [2.05, 4.69) is 180 Å². The molecule has 1 aliphatic carbocycles. The van der Waals surface area contributed by atoms with Crippen LogP contribution in [0.2, 0.25) is 0 Å². The highest BCUT2D eigenvalue weighted by Crippen LogP contribution is 2.51. The monoisotopic (exact) mass is 671 g/mol. The van der Waals surface area contributed by atoms with Gasteiger partial charge >= 0.3 is 0 Å². The van der Waals surface area contributed by atoms with Crippen molar-refractivity contribution >= 4 is 65.0 Å². The molecule has 244 valence electrons. The minimum absolute atomic E-state index is 0.666. The predicted molar refractivity (Wildman–Crippen MR) is 222 cm³/mol. The van der Waals surface area contributed by atoms with E-state index in [0.29, 0.717) is 5.95 Å². The van der Waals surface area contributed by atoms with Gasteiger partial charge in [-0.1, -0.05) is 158 Å². The maximum atomic E-state index is 5.59. The lowest BCUT2D eigenvalue weighted by molar-refractivity contribution is 1.02. The van der Waals surface area contributed by atoms with Gasteiger partial charge in [0.15, 0.2) is 0 Å². The van der Waals surface area contributed by atoms with Crippen molar-refractivity contribution in [2.24, 2.45) is 0 Å². The van der Waals surface area contributed by atoms with Gasteiger partial charge in [0.1, 0.15) is 0 Å². The standard InChI is InChI=1S/C50H29N3/c1-2-11-30(12-3-1)31-21-23-34(24-22-31)49-46-35-15-6-4-13-32(35)25-27-42(46)51-50(52-49)53-43-28-26-33-14-5-7-16-36(33)47(43)48-40-20-10-19-39-37-17-8-9-18-38(37)41(45(39)40)29-44(48)53/h1-29H. The zero-order valence-corrected chi connectivity index (χ0v) is 28.6. The first kappa shape index (κ1) is 28.6. The summed E-state index contributed by atoms with van der Waals surface area (Å²) in [6.07, 6.45) is 0. The molecule has 0 bridgehead atoms. The Morgan fingerprint density at radius 3 is 1.72 bits per heavy atom. The van der Waals surface area contributed by atoms with Crippen molar-refractivity contribution in [3.05, 3.63) is 176 Å². The Bertz CT molecular complexity index is 3320. The molecule has 2 heterocycles. The first-order valence-electron chi connectivity index (χ1n) is 18.2. The van der Waals surface area contributed by atoms with E-state index in [1.54, 1.807) is 0 Å². The largest absolute Gasteiger partial charge is 0.278 e. The van der Waals surface area contributed by atoms with E-state index < -0.39 is 0 Å². The minimum Gasteiger partial charge on any atom is -0.278 e. The van der Waals surface area contributed by atoms with E-state index in [1.165, 1.54) is 71.1 Å².